The number of amides is 1. The molecule has 1 N–H and O–H groups in total. The van der Waals surface area contributed by atoms with Crippen LogP contribution in [-0.4, -0.2) is 21.2 Å². The van der Waals surface area contributed by atoms with Crippen LogP contribution >= 0.6 is 11.8 Å². The summed E-state index contributed by atoms with van der Waals surface area (Å²) < 4.78 is 2.23. The van der Waals surface area contributed by atoms with Gasteiger partial charge in [0, 0.05) is 24.3 Å². The van der Waals surface area contributed by atoms with Crippen LogP contribution in [0.2, 0.25) is 0 Å². The minimum absolute atomic E-state index is 0.0743. The number of fused-ring (bicyclic) bond motifs is 1. The molecule has 4 nitrogen and oxygen atoms in total. The van der Waals surface area contributed by atoms with E-state index in [1.165, 1.54) is 0 Å². The molecule has 104 valence electrons. The van der Waals surface area contributed by atoms with E-state index >= 15 is 0 Å². The lowest BCUT2D eigenvalue weighted by molar-refractivity contribution is -0.120. The predicted molar refractivity (Wildman–Crippen MR) is 80.5 cm³/mol. The summed E-state index contributed by atoms with van der Waals surface area (Å²) in [7, 11) is 0. The van der Waals surface area contributed by atoms with E-state index in [-0.39, 0.29) is 5.91 Å². The van der Waals surface area contributed by atoms with Gasteiger partial charge in [0.05, 0.1) is 17.9 Å². The molecule has 20 heavy (non-hydrogen) atoms. The Bertz CT molecular complexity index is 622. The highest BCUT2D eigenvalue weighted by molar-refractivity contribution is 7.99. The molecule has 0 radical (unpaired) electrons. The summed E-state index contributed by atoms with van der Waals surface area (Å²) in [6.45, 7) is 3.38. The number of nitrogens with zero attached hydrogens (tertiary/aromatic N) is 2. The molecule has 0 saturated heterocycles. The van der Waals surface area contributed by atoms with Crippen molar-refractivity contribution >= 4 is 17.7 Å². The van der Waals surface area contributed by atoms with E-state index < -0.39 is 0 Å². The Hall–Kier alpha value is -1.75. The quantitative estimate of drug-likeness (QED) is 0.940. The van der Waals surface area contributed by atoms with Gasteiger partial charge in [-0.1, -0.05) is 49.0 Å². The van der Waals surface area contributed by atoms with Crippen molar-refractivity contribution < 1.29 is 4.79 Å². The zero-order valence-corrected chi connectivity index (χ0v) is 12.2. The molecule has 0 unspecified atom stereocenters. The molecule has 0 bridgehead atoms. The summed E-state index contributed by atoms with van der Waals surface area (Å²) in [5, 5.41) is 4.03. The first kappa shape index (κ1) is 13.2. The minimum Gasteiger partial charge on any atom is -0.350 e. The van der Waals surface area contributed by atoms with Gasteiger partial charge in [-0.3, -0.25) is 4.79 Å². The Kier molecular flexibility index (Phi) is 3.78. The molecule has 1 aliphatic heterocycles. The fourth-order valence-corrected chi connectivity index (χ4v) is 3.32. The number of carbonyl (C=O) groups excluding carboxylic acids is 1. The van der Waals surface area contributed by atoms with Gasteiger partial charge in [-0.15, -0.1) is 0 Å². The summed E-state index contributed by atoms with van der Waals surface area (Å²) in [4.78, 5) is 16.2. The number of aromatic nitrogens is 2. The lowest BCUT2D eigenvalue weighted by atomic mass is 10.1. The van der Waals surface area contributed by atoms with Crippen LogP contribution in [0.1, 0.15) is 19.0 Å². The van der Waals surface area contributed by atoms with Crippen LogP contribution < -0.4 is 5.32 Å². The summed E-state index contributed by atoms with van der Waals surface area (Å²) >= 11 is 1.78. The number of nitrogens with one attached hydrogen (secondary N) is 1. The third-order valence-electron chi connectivity index (χ3n) is 3.40. The highest BCUT2D eigenvalue weighted by Gasteiger charge is 2.22. The average Bonchev–Trinajstić information content (AvgIpc) is 3.06. The van der Waals surface area contributed by atoms with Gasteiger partial charge in [0.2, 0.25) is 5.91 Å². The number of rotatable bonds is 4. The van der Waals surface area contributed by atoms with Gasteiger partial charge in [-0.25, -0.2) is 4.98 Å². The largest absolute Gasteiger partial charge is 0.350 e. The number of carbonyl (C=O) groups is 1. The molecule has 0 atom stereocenters. The zero-order chi connectivity index (χ0) is 13.9. The first-order chi connectivity index (χ1) is 9.79. The fourth-order valence-electron chi connectivity index (χ4n) is 2.35. The van der Waals surface area contributed by atoms with Crippen molar-refractivity contribution in [2.75, 3.05) is 5.75 Å². The third-order valence-corrected chi connectivity index (χ3v) is 4.36. The summed E-state index contributed by atoms with van der Waals surface area (Å²) in [5.41, 5.74) is 3.21. The van der Waals surface area contributed by atoms with Crippen molar-refractivity contribution in [2.24, 2.45) is 0 Å². The van der Waals surface area contributed by atoms with Crippen LogP contribution in [0.3, 0.4) is 0 Å². The monoisotopic (exact) mass is 287 g/mol. The van der Waals surface area contributed by atoms with Crippen LogP contribution in [0.5, 0.6) is 0 Å². The molecule has 1 aromatic carbocycles. The topological polar surface area (TPSA) is 46.9 Å². The van der Waals surface area contributed by atoms with Crippen molar-refractivity contribution in [3.63, 3.8) is 0 Å². The Morgan fingerprint density at radius 2 is 2.20 bits per heavy atom. The van der Waals surface area contributed by atoms with Gasteiger partial charge in [-0.2, -0.15) is 0 Å². The standard InChI is InChI=1S/C15H17N3OS/c1-2-13(19)16-10-12-14(11-6-4-3-5-7-11)17-15-18(12)8-9-20-15/h3-7H,2,8-10H2,1H3,(H,16,19). The van der Waals surface area contributed by atoms with Crippen LogP contribution in [0.25, 0.3) is 11.3 Å². The van der Waals surface area contributed by atoms with Gasteiger partial charge >= 0.3 is 0 Å². The summed E-state index contributed by atoms with van der Waals surface area (Å²) in [6, 6.07) is 10.2. The average molecular weight is 287 g/mol. The highest BCUT2D eigenvalue weighted by Crippen LogP contribution is 2.32. The van der Waals surface area contributed by atoms with Crippen molar-refractivity contribution in [1.82, 2.24) is 14.9 Å². The first-order valence-electron chi connectivity index (χ1n) is 6.84. The van der Waals surface area contributed by atoms with Crippen LogP contribution in [-0.2, 0) is 17.9 Å². The maximum Gasteiger partial charge on any atom is 0.220 e. The van der Waals surface area contributed by atoms with E-state index in [0.29, 0.717) is 13.0 Å². The third kappa shape index (κ3) is 2.45. The maximum absolute atomic E-state index is 11.5. The Balaban J connectivity index is 1.96. The lowest BCUT2D eigenvalue weighted by Gasteiger charge is -2.09. The minimum atomic E-state index is 0.0743. The number of hydrogen-bond donors (Lipinski definition) is 1. The molecular weight excluding hydrogens is 270 g/mol. The first-order valence-corrected chi connectivity index (χ1v) is 7.82. The molecule has 3 rings (SSSR count). The molecule has 0 aliphatic carbocycles. The van der Waals surface area contributed by atoms with Crippen LogP contribution in [0, 0.1) is 0 Å². The van der Waals surface area contributed by atoms with E-state index in [0.717, 1.165) is 34.4 Å². The van der Waals surface area contributed by atoms with Gasteiger partial charge in [0.25, 0.3) is 0 Å². The SMILES string of the molecule is CCC(=O)NCc1c(-c2ccccc2)nc2n1CCS2. The van der Waals surface area contributed by atoms with Crippen molar-refractivity contribution in [3.8, 4) is 11.3 Å². The van der Waals surface area contributed by atoms with E-state index in [1.807, 2.05) is 25.1 Å². The molecule has 0 spiro atoms. The van der Waals surface area contributed by atoms with E-state index in [9.17, 15) is 4.79 Å². The van der Waals surface area contributed by atoms with Gasteiger partial charge in [0.15, 0.2) is 5.16 Å². The Labute approximate surface area is 122 Å². The smallest absolute Gasteiger partial charge is 0.220 e. The second kappa shape index (κ2) is 5.71. The van der Waals surface area contributed by atoms with E-state index in [4.69, 9.17) is 4.98 Å². The number of thioether (sulfide) groups is 1. The van der Waals surface area contributed by atoms with E-state index in [2.05, 4.69) is 22.0 Å². The van der Waals surface area contributed by atoms with Gasteiger partial charge < -0.3 is 9.88 Å². The Morgan fingerprint density at radius 1 is 1.40 bits per heavy atom. The normalized spacial score (nSPS) is 13.2. The molecule has 1 amide bonds. The number of benzene rings is 1. The van der Waals surface area contributed by atoms with Crippen molar-refractivity contribution in [1.29, 1.82) is 0 Å². The predicted octanol–water partition coefficient (Wildman–Crippen LogP) is 2.68. The number of imidazole rings is 1. The van der Waals surface area contributed by atoms with Crippen molar-refractivity contribution in [2.45, 2.75) is 31.6 Å². The number of hydrogen-bond acceptors (Lipinski definition) is 3. The molecule has 5 heteroatoms. The molecule has 0 saturated carbocycles. The highest BCUT2D eigenvalue weighted by atomic mass is 32.2. The van der Waals surface area contributed by atoms with E-state index in [1.54, 1.807) is 11.8 Å². The fraction of sp³-hybridized carbons (Fsp3) is 0.333. The summed E-state index contributed by atoms with van der Waals surface area (Å²) in [5.74, 6) is 1.14. The molecular formula is C15H17N3OS. The molecule has 2 heterocycles. The molecule has 1 aliphatic rings. The van der Waals surface area contributed by atoms with Crippen molar-refractivity contribution in [3.05, 3.63) is 36.0 Å². The molecule has 1 aromatic heterocycles. The second-order valence-corrected chi connectivity index (χ2v) is 5.75. The Morgan fingerprint density at radius 3 is 2.95 bits per heavy atom. The molecule has 0 fully saturated rings. The second-order valence-electron chi connectivity index (χ2n) is 4.69. The zero-order valence-electron chi connectivity index (χ0n) is 11.4. The van der Waals surface area contributed by atoms with Gasteiger partial charge in [-0.05, 0) is 0 Å². The molecule has 2 aromatic rings. The van der Waals surface area contributed by atoms with Crippen LogP contribution in [0.4, 0.5) is 0 Å². The van der Waals surface area contributed by atoms with Crippen LogP contribution in [0.15, 0.2) is 35.5 Å². The van der Waals surface area contributed by atoms with Gasteiger partial charge in [0.1, 0.15) is 0 Å². The lowest BCUT2D eigenvalue weighted by Crippen LogP contribution is -2.23. The maximum atomic E-state index is 11.5. The summed E-state index contributed by atoms with van der Waals surface area (Å²) in [6.07, 6.45) is 0.510.